The lowest BCUT2D eigenvalue weighted by molar-refractivity contribution is -0.121. The Morgan fingerprint density at radius 1 is 1.55 bits per heavy atom. The normalized spacial score (nSPS) is 10.2. The molecule has 0 atom stereocenters. The Hall–Kier alpha value is -0.530. The van der Waals surface area contributed by atoms with E-state index in [0.29, 0.717) is 18.9 Å². The molecule has 0 heterocycles. The molecule has 0 aliphatic carbocycles. The van der Waals surface area contributed by atoms with E-state index in [2.05, 4.69) is 26.1 Å². The topological polar surface area (TPSA) is 29.1 Å². The molecule has 0 aliphatic rings. The minimum absolute atomic E-state index is 0.155. The predicted octanol–water partition coefficient (Wildman–Crippen LogP) is 1.76. The van der Waals surface area contributed by atoms with Crippen molar-refractivity contribution in [3.63, 3.8) is 0 Å². The molecule has 2 heteroatoms. The number of amides is 1. The van der Waals surface area contributed by atoms with Gasteiger partial charge in [0.25, 0.3) is 0 Å². The predicted molar refractivity (Wildman–Crippen MR) is 47.1 cm³/mol. The molecule has 0 bridgehead atoms. The molecule has 1 N–H and O–H groups in total. The average molecular weight is 156 g/mol. The van der Waals surface area contributed by atoms with E-state index in [0.717, 1.165) is 12.8 Å². The lowest BCUT2D eigenvalue weighted by Crippen LogP contribution is -2.23. The second kappa shape index (κ2) is 6.20. The van der Waals surface area contributed by atoms with Gasteiger partial charge in [-0.3, -0.25) is 4.79 Å². The maximum absolute atomic E-state index is 11.0. The highest BCUT2D eigenvalue weighted by atomic mass is 16.1. The molecular formula is C9H18NO. The number of hydrogen-bond donors (Lipinski definition) is 1. The van der Waals surface area contributed by atoms with Crippen LogP contribution in [0.3, 0.4) is 0 Å². The fraction of sp³-hybridized carbons (Fsp3) is 0.778. The van der Waals surface area contributed by atoms with Gasteiger partial charge in [0, 0.05) is 13.0 Å². The van der Waals surface area contributed by atoms with Crippen molar-refractivity contribution < 1.29 is 4.79 Å². The molecule has 0 fully saturated rings. The van der Waals surface area contributed by atoms with Crippen LogP contribution in [0, 0.1) is 12.8 Å². The van der Waals surface area contributed by atoms with E-state index in [9.17, 15) is 4.79 Å². The first-order valence-corrected chi connectivity index (χ1v) is 4.22. The van der Waals surface area contributed by atoms with E-state index in [1.165, 1.54) is 0 Å². The molecular weight excluding hydrogens is 138 g/mol. The molecule has 1 amide bonds. The van der Waals surface area contributed by atoms with Crippen molar-refractivity contribution in [2.45, 2.75) is 33.1 Å². The molecule has 0 aromatic carbocycles. The second-order valence-electron chi connectivity index (χ2n) is 3.14. The second-order valence-corrected chi connectivity index (χ2v) is 3.14. The highest BCUT2D eigenvalue weighted by molar-refractivity contribution is 5.75. The van der Waals surface area contributed by atoms with Gasteiger partial charge >= 0.3 is 0 Å². The zero-order valence-corrected chi connectivity index (χ0v) is 7.52. The van der Waals surface area contributed by atoms with Crippen LogP contribution < -0.4 is 5.32 Å². The van der Waals surface area contributed by atoms with Crippen LogP contribution in [0.5, 0.6) is 0 Å². The largest absolute Gasteiger partial charge is 0.356 e. The molecule has 0 aliphatic heterocycles. The van der Waals surface area contributed by atoms with E-state index in [1.807, 2.05) is 0 Å². The summed E-state index contributed by atoms with van der Waals surface area (Å²) in [5.41, 5.74) is 0. The van der Waals surface area contributed by atoms with Gasteiger partial charge in [0.2, 0.25) is 5.91 Å². The van der Waals surface area contributed by atoms with Crippen molar-refractivity contribution in [1.29, 1.82) is 0 Å². The molecule has 11 heavy (non-hydrogen) atoms. The maximum atomic E-state index is 11.0. The van der Waals surface area contributed by atoms with Crippen molar-refractivity contribution >= 4 is 5.91 Å². The van der Waals surface area contributed by atoms with E-state index in [1.54, 1.807) is 0 Å². The number of carbonyl (C=O) groups is 1. The minimum atomic E-state index is 0.155. The van der Waals surface area contributed by atoms with E-state index in [4.69, 9.17) is 0 Å². The van der Waals surface area contributed by atoms with Gasteiger partial charge in [-0.1, -0.05) is 20.8 Å². The van der Waals surface area contributed by atoms with Gasteiger partial charge in [-0.2, -0.15) is 0 Å². The quantitative estimate of drug-likeness (QED) is 0.645. The van der Waals surface area contributed by atoms with Crippen LogP contribution in [-0.4, -0.2) is 12.5 Å². The summed E-state index contributed by atoms with van der Waals surface area (Å²) < 4.78 is 0. The van der Waals surface area contributed by atoms with Gasteiger partial charge in [-0.05, 0) is 18.8 Å². The van der Waals surface area contributed by atoms with E-state index in [-0.39, 0.29) is 5.91 Å². The Morgan fingerprint density at radius 2 is 2.18 bits per heavy atom. The monoisotopic (exact) mass is 156 g/mol. The number of rotatable bonds is 5. The van der Waals surface area contributed by atoms with Crippen LogP contribution in [0.1, 0.15) is 33.1 Å². The van der Waals surface area contributed by atoms with Gasteiger partial charge < -0.3 is 5.32 Å². The van der Waals surface area contributed by atoms with Crippen LogP contribution >= 0.6 is 0 Å². The lowest BCUT2D eigenvalue weighted by Gasteiger charge is -2.04. The molecule has 0 saturated heterocycles. The Morgan fingerprint density at radius 3 is 2.64 bits per heavy atom. The minimum Gasteiger partial charge on any atom is -0.356 e. The number of carbonyl (C=O) groups excluding carboxylic acids is 1. The fourth-order valence-electron chi connectivity index (χ4n) is 0.736. The van der Waals surface area contributed by atoms with Crippen molar-refractivity contribution in [3.05, 3.63) is 6.92 Å². The van der Waals surface area contributed by atoms with Gasteiger partial charge in [-0.25, -0.2) is 0 Å². The Labute approximate surface area is 69.4 Å². The third-order valence-corrected chi connectivity index (χ3v) is 1.45. The highest BCUT2D eigenvalue weighted by Gasteiger charge is 2.00. The fourth-order valence-corrected chi connectivity index (χ4v) is 0.736. The van der Waals surface area contributed by atoms with Gasteiger partial charge in [0.15, 0.2) is 0 Å². The first kappa shape index (κ1) is 10.5. The summed E-state index contributed by atoms with van der Waals surface area (Å²) in [4.78, 5) is 11.0. The smallest absolute Gasteiger partial charge is 0.220 e. The van der Waals surface area contributed by atoms with Crippen LogP contribution in [-0.2, 0) is 4.79 Å². The first-order valence-electron chi connectivity index (χ1n) is 4.22. The first-order chi connectivity index (χ1) is 5.16. The third-order valence-electron chi connectivity index (χ3n) is 1.45. The molecule has 0 saturated carbocycles. The summed E-state index contributed by atoms with van der Waals surface area (Å²) in [7, 11) is 0. The van der Waals surface area contributed by atoms with E-state index < -0.39 is 0 Å². The molecule has 2 nitrogen and oxygen atoms in total. The van der Waals surface area contributed by atoms with Gasteiger partial charge in [0.1, 0.15) is 0 Å². The Bertz CT molecular complexity index is 110. The zero-order valence-electron chi connectivity index (χ0n) is 7.52. The Kier molecular flexibility index (Phi) is 5.90. The van der Waals surface area contributed by atoms with Crippen LogP contribution in [0.4, 0.5) is 0 Å². The molecule has 0 spiro atoms. The standard InChI is InChI=1S/C9H18NO/c1-4-7-10-9(11)6-5-8(2)3/h8H,1,4-7H2,2-3H3,(H,10,11). The summed E-state index contributed by atoms with van der Waals surface area (Å²) >= 11 is 0. The summed E-state index contributed by atoms with van der Waals surface area (Å²) in [5, 5.41) is 2.79. The average Bonchev–Trinajstić information content (AvgIpc) is 1.97. The van der Waals surface area contributed by atoms with Crippen LogP contribution in [0.2, 0.25) is 0 Å². The van der Waals surface area contributed by atoms with Crippen molar-refractivity contribution in [2.24, 2.45) is 5.92 Å². The summed E-state index contributed by atoms with van der Waals surface area (Å²) in [6.07, 6.45) is 2.40. The molecule has 0 unspecified atom stereocenters. The Balaban J connectivity index is 3.23. The van der Waals surface area contributed by atoms with E-state index >= 15 is 0 Å². The molecule has 1 radical (unpaired) electrons. The van der Waals surface area contributed by atoms with Gasteiger partial charge in [-0.15, -0.1) is 0 Å². The third kappa shape index (κ3) is 7.37. The molecule has 0 aromatic rings. The number of nitrogens with one attached hydrogen (secondary N) is 1. The van der Waals surface area contributed by atoms with Crippen LogP contribution in [0.15, 0.2) is 0 Å². The SMILES string of the molecule is [CH2]CCNC(=O)CCC(C)C. The van der Waals surface area contributed by atoms with Crippen molar-refractivity contribution in [2.75, 3.05) is 6.54 Å². The molecule has 65 valence electrons. The summed E-state index contributed by atoms with van der Waals surface area (Å²) in [5.74, 6) is 0.767. The van der Waals surface area contributed by atoms with Gasteiger partial charge in [0.05, 0.1) is 0 Å². The lowest BCUT2D eigenvalue weighted by atomic mass is 10.1. The highest BCUT2D eigenvalue weighted by Crippen LogP contribution is 2.02. The maximum Gasteiger partial charge on any atom is 0.220 e. The summed E-state index contributed by atoms with van der Waals surface area (Å²) in [6, 6.07) is 0. The van der Waals surface area contributed by atoms with Crippen molar-refractivity contribution in [3.8, 4) is 0 Å². The van der Waals surface area contributed by atoms with Crippen LogP contribution in [0.25, 0.3) is 0 Å². The molecule has 0 rings (SSSR count). The zero-order chi connectivity index (χ0) is 8.69. The summed E-state index contributed by atoms with van der Waals surface area (Å²) in [6.45, 7) is 8.58. The number of hydrogen-bond acceptors (Lipinski definition) is 1. The van der Waals surface area contributed by atoms with Crippen molar-refractivity contribution in [1.82, 2.24) is 5.32 Å². The molecule has 0 aromatic heterocycles.